The zero-order chi connectivity index (χ0) is 12.3. The average molecular weight is 232 g/mol. The van der Waals surface area contributed by atoms with Gasteiger partial charge in [-0.25, -0.2) is 4.98 Å². The highest BCUT2D eigenvalue weighted by molar-refractivity contribution is 5.08. The second-order valence-corrected chi connectivity index (χ2v) is 3.59. The van der Waals surface area contributed by atoms with Gasteiger partial charge in [0.2, 0.25) is 0 Å². The maximum atomic E-state index is 9.61. The number of aliphatic hydroxyl groups is 5. The van der Waals surface area contributed by atoms with E-state index in [1.807, 2.05) is 0 Å². The van der Waals surface area contributed by atoms with Gasteiger partial charge in [0.1, 0.15) is 30.2 Å². The van der Waals surface area contributed by atoms with E-state index in [1.165, 1.54) is 13.1 Å². The number of H-pyrrole nitrogens is 1. The molecule has 0 aliphatic rings. The quantitative estimate of drug-likeness (QED) is 0.355. The van der Waals surface area contributed by atoms with Crippen molar-refractivity contribution in [2.75, 3.05) is 6.61 Å². The van der Waals surface area contributed by atoms with Crippen LogP contribution in [0.3, 0.4) is 0 Å². The molecular weight excluding hydrogens is 216 g/mol. The van der Waals surface area contributed by atoms with Crippen molar-refractivity contribution in [1.29, 1.82) is 0 Å². The smallest absolute Gasteiger partial charge is 0.135 e. The van der Waals surface area contributed by atoms with E-state index in [4.69, 9.17) is 10.2 Å². The summed E-state index contributed by atoms with van der Waals surface area (Å²) < 4.78 is 0. The maximum absolute atomic E-state index is 9.61. The predicted octanol–water partition coefficient (Wildman–Crippen LogP) is -1.79. The van der Waals surface area contributed by atoms with Crippen molar-refractivity contribution >= 4 is 0 Å². The van der Waals surface area contributed by atoms with Crippen LogP contribution in [-0.2, 0) is 0 Å². The summed E-state index contributed by atoms with van der Waals surface area (Å²) in [7, 11) is 0. The Bertz CT molecular complexity index is 327. The second-order valence-electron chi connectivity index (χ2n) is 3.59. The number of nitrogens with one attached hydrogen (secondary N) is 1. The zero-order valence-electron chi connectivity index (χ0n) is 8.78. The van der Waals surface area contributed by atoms with Gasteiger partial charge < -0.3 is 30.5 Å². The molecule has 0 fully saturated rings. The van der Waals surface area contributed by atoms with Gasteiger partial charge in [0, 0.05) is 0 Å². The second kappa shape index (κ2) is 5.37. The summed E-state index contributed by atoms with van der Waals surface area (Å²) in [5.74, 6) is 0.250. The Kier molecular flexibility index (Phi) is 4.39. The first kappa shape index (κ1) is 13.1. The third kappa shape index (κ3) is 2.77. The summed E-state index contributed by atoms with van der Waals surface area (Å²) in [6, 6.07) is 0. The lowest BCUT2D eigenvalue weighted by molar-refractivity contribution is -0.0788. The Morgan fingerprint density at radius 3 is 2.38 bits per heavy atom. The summed E-state index contributed by atoms with van der Waals surface area (Å²) in [6.07, 6.45) is -3.93. The molecule has 1 aromatic rings. The van der Waals surface area contributed by atoms with Gasteiger partial charge in [0.15, 0.2) is 0 Å². The fourth-order valence-electron chi connectivity index (χ4n) is 1.22. The molecule has 6 N–H and O–H groups in total. The number of hydrogen-bond donors (Lipinski definition) is 6. The number of imidazole rings is 1. The molecule has 0 spiro atoms. The Morgan fingerprint density at radius 1 is 1.31 bits per heavy atom. The Morgan fingerprint density at radius 2 is 1.94 bits per heavy atom. The minimum atomic E-state index is -1.52. The van der Waals surface area contributed by atoms with Gasteiger partial charge in [-0.15, -0.1) is 0 Å². The van der Waals surface area contributed by atoms with Crippen LogP contribution in [0.5, 0.6) is 0 Å². The molecule has 0 aliphatic carbocycles. The molecule has 1 rings (SSSR count). The molecule has 0 aliphatic heterocycles. The third-order valence-corrected chi connectivity index (χ3v) is 2.23. The van der Waals surface area contributed by atoms with Crippen LogP contribution < -0.4 is 0 Å². The van der Waals surface area contributed by atoms with Gasteiger partial charge >= 0.3 is 0 Å². The molecule has 92 valence electrons. The maximum Gasteiger partial charge on any atom is 0.135 e. The van der Waals surface area contributed by atoms with Crippen molar-refractivity contribution in [3.05, 3.63) is 17.7 Å². The number of nitrogens with zero attached hydrogens (tertiary/aromatic N) is 1. The van der Waals surface area contributed by atoms with Crippen LogP contribution in [0.4, 0.5) is 0 Å². The molecule has 1 unspecified atom stereocenters. The predicted molar refractivity (Wildman–Crippen MR) is 53.3 cm³/mol. The standard InChI is InChI=1S/C9H16N2O5/c1-4(13)9-10-2-5(11-9)7(15)8(16)6(14)3-12/h2,4,6-8,12-16H,3H2,1H3,(H,10,11)/t4?,6-,7-,8-/m1/s1. The molecule has 0 saturated heterocycles. The topological polar surface area (TPSA) is 130 Å². The van der Waals surface area contributed by atoms with Gasteiger partial charge in [0.05, 0.1) is 18.5 Å². The highest BCUT2D eigenvalue weighted by Gasteiger charge is 2.27. The SMILES string of the molecule is CC(O)c1ncc([C@@H](O)[C@H](O)[C@H](O)CO)[nH]1. The molecule has 0 amide bonds. The van der Waals surface area contributed by atoms with Crippen molar-refractivity contribution in [3.8, 4) is 0 Å². The molecule has 0 saturated carbocycles. The molecule has 1 aromatic heterocycles. The molecule has 0 aromatic carbocycles. The van der Waals surface area contributed by atoms with E-state index in [0.29, 0.717) is 0 Å². The minimum Gasteiger partial charge on any atom is -0.394 e. The lowest BCUT2D eigenvalue weighted by Crippen LogP contribution is -2.34. The number of aromatic nitrogens is 2. The number of rotatable bonds is 5. The first-order valence-corrected chi connectivity index (χ1v) is 4.85. The van der Waals surface area contributed by atoms with Crippen LogP contribution in [0.1, 0.15) is 30.7 Å². The van der Waals surface area contributed by atoms with E-state index in [9.17, 15) is 15.3 Å². The molecule has 0 radical (unpaired) electrons. The Balaban J connectivity index is 2.75. The summed E-state index contributed by atoms with van der Waals surface area (Å²) in [5, 5.41) is 46.0. The van der Waals surface area contributed by atoms with Crippen LogP contribution in [0, 0.1) is 0 Å². The summed E-state index contributed by atoms with van der Waals surface area (Å²) in [6.45, 7) is 0.837. The van der Waals surface area contributed by atoms with Gasteiger partial charge in [-0.1, -0.05) is 0 Å². The highest BCUT2D eigenvalue weighted by atomic mass is 16.4. The van der Waals surface area contributed by atoms with Gasteiger partial charge in [0.25, 0.3) is 0 Å². The lowest BCUT2D eigenvalue weighted by Gasteiger charge is -2.20. The lowest BCUT2D eigenvalue weighted by atomic mass is 10.1. The normalized spacial score (nSPS) is 19.1. The molecule has 7 nitrogen and oxygen atoms in total. The highest BCUT2D eigenvalue weighted by Crippen LogP contribution is 2.18. The van der Waals surface area contributed by atoms with Crippen LogP contribution in [-0.4, -0.2) is 54.3 Å². The first-order valence-electron chi connectivity index (χ1n) is 4.85. The number of aromatic amines is 1. The number of hydrogen-bond acceptors (Lipinski definition) is 6. The fraction of sp³-hybridized carbons (Fsp3) is 0.667. The van der Waals surface area contributed by atoms with E-state index in [0.717, 1.165) is 0 Å². The van der Waals surface area contributed by atoms with E-state index < -0.39 is 31.0 Å². The van der Waals surface area contributed by atoms with Crippen LogP contribution >= 0.6 is 0 Å². The summed E-state index contributed by atoms with van der Waals surface area (Å²) in [5.41, 5.74) is 0.163. The van der Waals surface area contributed by atoms with Crippen molar-refractivity contribution < 1.29 is 25.5 Å². The van der Waals surface area contributed by atoms with Crippen LogP contribution in [0.2, 0.25) is 0 Å². The van der Waals surface area contributed by atoms with Crippen LogP contribution in [0.15, 0.2) is 6.20 Å². The molecule has 1 heterocycles. The van der Waals surface area contributed by atoms with Crippen LogP contribution in [0.25, 0.3) is 0 Å². The summed E-state index contributed by atoms with van der Waals surface area (Å²) in [4.78, 5) is 6.39. The van der Waals surface area contributed by atoms with Crippen molar-refractivity contribution in [3.63, 3.8) is 0 Å². The van der Waals surface area contributed by atoms with Crippen molar-refractivity contribution in [2.24, 2.45) is 0 Å². The molecule has 7 heteroatoms. The van der Waals surface area contributed by atoms with Crippen molar-refractivity contribution in [1.82, 2.24) is 9.97 Å². The minimum absolute atomic E-state index is 0.163. The molecule has 16 heavy (non-hydrogen) atoms. The van der Waals surface area contributed by atoms with E-state index >= 15 is 0 Å². The van der Waals surface area contributed by atoms with Gasteiger partial charge in [-0.05, 0) is 6.92 Å². The Labute approximate surface area is 92.0 Å². The van der Waals surface area contributed by atoms with Crippen molar-refractivity contribution in [2.45, 2.75) is 31.3 Å². The van der Waals surface area contributed by atoms with Gasteiger partial charge in [-0.2, -0.15) is 0 Å². The Hall–Kier alpha value is -0.990. The molecule has 4 atom stereocenters. The molecular formula is C9H16N2O5. The van der Waals surface area contributed by atoms with Gasteiger partial charge in [-0.3, -0.25) is 0 Å². The van der Waals surface area contributed by atoms with E-state index in [-0.39, 0.29) is 11.5 Å². The monoisotopic (exact) mass is 232 g/mol. The number of aliphatic hydroxyl groups excluding tert-OH is 5. The first-order chi connectivity index (χ1) is 7.47. The largest absolute Gasteiger partial charge is 0.394 e. The average Bonchev–Trinajstić information content (AvgIpc) is 2.75. The van der Waals surface area contributed by atoms with E-state index in [1.54, 1.807) is 0 Å². The molecule has 0 bridgehead atoms. The fourth-order valence-corrected chi connectivity index (χ4v) is 1.22. The van der Waals surface area contributed by atoms with E-state index in [2.05, 4.69) is 9.97 Å². The summed E-state index contributed by atoms with van der Waals surface area (Å²) >= 11 is 0. The third-order valence-electron chi connectivity index (χ3n) is 2.23. The zero-order valence-corrected chi connectivity index (χ0v) is 8.78.